The van der Waals surface area contributed by atoms with Crippen molar-refractivity contribution in [3.05, 3.63) is 35.4 Å². The number of hydrogen-bond acceptors (Lipinski definition) is 2. The topological polar surface area (TPSA) is 21.3 Å². The highest BCUT2D eigenvalue weighted by molar-refractivity contribution is 5.27. The largest absolute Gasteiger partial charge is 0.416 e. The van der Waals surface area contributed by atoms with Crippen LogP contribution in [-0.2, 0) is 10.9 Å². The second-order valence-electron chi connectivity index (χ2n) is 4.44. The molecular weight excluding hydrogens is 243 g/mol. The Morgan fingerprint density at radius 1 is 1.33 bits per heavy atom. The summed E-state index contributed by atoms with van der Waals surface area (Å²) in [7, 11) is 0. The van der Waals surface area contributed by atoms with Gasteiger partial charge in [0.1, 0.15) is 0 Å². The molecule has 2 atom stereocenters. The van der Waals surface area contributed by atoms with Gasteiger partial charge in [-0.1, -0.05) is 19.1 Å². The number of rotatable bonds is 2. The normalized spacial score (nSPS) is 25.1. The summed E-state index contributed by atoms with van der Waals surface area (Å²) in [6, 6.07) is 5.36. The minimum atomic E-state index is -4.30. The van der Waals surface area contributed by atoms with Crippen LogP contribution in [0.3, 0.4) is 0 Å². The van der Waals surface area contributed by atoms with Crippen molar-refractivity contribution in [1.29, 1.82) is 0 Å². The van der Waals surface area contributed by atoms with E-state index >= 15 is 0 Å². The Hall–Kier alpha value is -1.07. The van der Waals surface area contributed by atoms with E-state index in [1.165, 1.54) is 12.1 Å². The molecule has 1 saturated heterocycles. The van der Waals surface area contributed by atoms with Crippen LogP contribution in [0.2, 0.25) is 0 Å². The molecule has 1 aromatic carbocycles. The fourth-order valence-electron chi connectivity index (χ4n) is 2.06. The predicted molar refractivity (Wildman–Crippen MR) is 62.2 cm³/mol. The average Bonchev–Trinajstić information content (AvgIpc) is 2.38. The first-order valence-electron chi connectivity index (χ1n) is 6.04. The van der Waals surface area contributed by atoms with Crippen LogP contribution in [0, 0.1) is 0 Å². The lowest BCUT2D eigenvalue weighted by Crippen LogP contribution is -2.40. The van der Waals surface area contributed by atoms with Crippen molar-refractivity contribution >= 4 is 0 Å². The van der Waals surface area contributed by atoms with Gasteiger partial charge in [-0.2, -0.15) is 13.2 Å². The molecule has 1 N–H and O–H groups in total. The highest BCUT2D eigenvalue weighted by Crippen LogP contribution is 2.32. The highest BCUT2D eigenvalue weighted by atomic mass is 19.4. The zero-order valence-corrected chi connectivity index (χ0v) is 10.1. The Morgan fingerprint density at radius 3 is 2.78 bits per heavy atom. The van der Waals surface area contributed by atoms with Gasteiger partial charge in [-0.15, -0.1) is 0 Å². The first-order chi connectivity index (χ1) is 8.50. The maximum absolute atomic E-state index is 12.6. The summed E-state index contributed by atoms with van der Waals surface area (Å²) in [4.78, 5) is 0. The van der Waals surface area contributed by atoms with E-state index in [0.29, 0.717) is 12.1 Å². The monoisotopic (exact) mass is 259 g/mol. The molecule has 0 aromatic heterocycles. The fraction of sp³-hybridized carbons (Fsp3) is 0.538. The maximum atomic E-state index is 12.6. The number of halogens is 3. The predicted octanol–water partition coefficient (Wildman–Crippen LogP) is 3.14. The number of ether oxygens (including phenoxy) is 1. The zero-order chi connectivity index (χ0) is 13.2. The van der Waals surface area contributed by atoms with Gasteiger partial charge in [-0.25, -0.2) is 0 Å². The van der Waals surface area contributed by atoms with Crippen molar-refractivity contribution in [1.82, 2.24) is 5.32 Å². The van der Waals surface area contributed by atoms with Gasteiger partial charge < -0.3 is 10.1 Å². The molecule has 0 saturated carbocycles. The van der Waals surface area contributed by atoms with Crippen molar-refractivity contribution in [3.63, 3.8) is 0 Å². The molecule has 0 bridgehead atoms. The summed E-state index contributed by atoms with van der Waals surface area (Å²) in [6.07, 6.45) is -3.69. The number of benzene rings is 1. The van der Waals surface area contributed by atoms with E-state index in [4.69, 9.17) is 4.74 Å². The maximum Gasteiger partial charge on any atom is 0.416 e. The molecule has 1 aromatic rings. The third-order valence-electron chi connectivity index (χ3n) is 3.10. The van der Waals surface area contributed by atoms with E-state index in [1.54, 1.807) is 6.07 Å². The summed E-state index contributed by atoms with van der Waals surface area (Å²) in [5.41, 5.74) is -0.0438. The molecule has 2 rings (SSSR count). The van der Waals surface area contributed by atoms with E-state index in [9.17, 15) is 13.2 Å². The Labute approximate surface area is 104 Å². The average molecular weight is 259 g/mol. The van der Waals surface area contributed by atoms with Crippen LogP contribution in [0.5, 0.6) is 0 Å². The summed E-state index contributed by atoms with van der Waals surface area (Å²) in [5, 5.41) is 3.19. The van der Waals surface area contributed by atoms with E-state index in [0.717, 1.165) is 19.0 Å². The van der Waals surface area contributed by atoms with Crippen LogP contribution in [0.25, 0.3) is 0 Å². The third kappa shape index (κ3) is 3.03. The van der Waals surface area contributed by atoms with Crippen LogP contribution in [-0.4, -0.2) is 19.2 Å². The van der Waals surface area contributed by atoms with E-state index in [2.05, 4.69) is 5.32 Å². The first kappa shape index (κ1) is 13.4. The van der Waals surface area contributed by atoms with Gasteiger partial charge in [0, 0.05) is 13.1 Å². The Bertz CT molecular complexity index is 405. The summed E-state index contributed by atoms with van der Waals surface area (Å²) < 4.78 is 43.6. The van der Waals surface area contributed by atoms with Gasteiger partial charge in [-0.05, 0) is 24.1 Å². The molecule has 1 aliphatic heterocycles. The number of morpholine rings is 1. The first-order valence-corrected chi connectivity index (χ1v) is 6.04. The van der Waals surface area contributed by atoms with Gasteiger partial charge in [0.05, 0.1) is 17.8 Å². The zero-order valence-electron chi connectivity index (χ0n) is 10.1. The second kappa shape index (κ2) is 5.28. The van der Waals surface area contributed by atoms with E-state index < -0.39 is 11.7 Å². The lowest BCUT2D eigenvalue weighted by atomic mass is 10.0. The molecule has 100 valence electrons. The Balaban J connectivity index is 2.18. The third-order valence-corrected chi connectivity index (χ3v) is 3.10. The number of hydrogen-bond donors (Lipinski definition) is 1. The number of alkyl halides is 3. The summed E-state index contributed by atoms with van der Waals surface area (Å²) >= 11 is 0. The highest BCUT2D eigenvalue weighted by Gasteiger charge is 2.31. The smallest absolute Gasteiger partial charge is 0.368 e. The van der Waals surface area contributed by atoms with Crippen molar-refractivity contribution < 1.29 is 17.9 Å². The Kier molecular flexibility index (Phi) is 3.92. The molecule has 1 heterocycles. The SMILES string of the molecule is CCC1CNCC(c2cccc(C(F)(F)F)c2)O1. The molecule has 18 heavy (non-hydrogen) atoms. The lowest BCUT2D eigenvalue weighted by Gasteiger charge is -2.30. The molecule has 0 radical (unpaired) electrons. The van der Waals surface area contributed by atoms with Gasteiger partial charge in [-0.3, -0.25) is 0 Å². The van der Waals surface area contributed by atoms with E-state index in [-0.39, 0.29) is 12.2 Å². The van der Waals surface area contributed by atoms with Gasteiger partial charge >= 0.3 is 6.18 Å². The molecule has 2 nitrogen and oxygen atoms in total. The molecule has 1 aliphatic rings. The Morgan fingerprint density at radius 2 is 2.11 bits per heavy atom. The van der Waals surface area contributed by atoms with Crippen LogP contribution >= 0.6 is 0 Å². The van der Waals surface area contributed by atoms with Crippen LogP contribution < -0.4 is 5.32 Å². The number of nitrogens with one attached hydrogen (secondary N) is 1. The van der Waals surface area contributed by atoms with Crippen molar-refractivity contribution in [2.75, 3.05) is 13.1 Å². The van der Waals surface area contributed by atoms with Gasteiger partial charge in [0.25, 0.3) is 0 Å². The van der Waals surface area contributed by atoms with Gasteiger partial charge in [0.15, 0.2) is 0 Å². The van der Waals surface area contributed by atoms with Crippen LogP contribution in [0.1, 0.15) is 30.6 Å². The van der Waals surface area contributed by atoms with E-state index in [1.807, 2.05) is 6.92 Å². The van der Waals surface area contributed by atoms with Gasteiger partial charge in [0.2, 0.25) is 0 Å². The minimum absolute atomic E-state index is 0.0679. The molecule has 0 spiro atoms. The van der Waals surface area contributed by atoms with Crippen LogP contribution in [0.4, 0.5) is 13.2 Å². The molecule has 1 fully saturated rings. The fourth-order valence-corrected chi connectivity index (χ4v) is 2.06. The standard InChI is InChI=1S/C13H16F3NO/c1-2-11-7-17-8-12(18-11)9-4-3-5-10(6-9)13(14,15)16/h3-6,11-12,17H,2,7-8H2,1H3. The lowest BCUT2D eigenvalue weighted by molar-refractivity contribution is -0.137. The van der Waals surface area contributed by atoms with Crippen molar-refractivity contribution in [2.24, 2.45) is 0 Å². The molecule has 0 aliphatic carbocycles. The molecule has 5 heteroatoms. The quantitative estimate of drug-likeness (QED) is 0.881. The van der Waals surface area contributed by atoms with Crippen molar-refractivity contribution in [2.45, 2.75) is 31.7 Å². The molecule has 0 amide bonds. The van der Waals surface area contributed by atoms with Crippen molar-refractivity contribution in [3.8, 4) is 0 Å². The molecular formula is C13H16F3NO. The minimum Gasteiger partial charge on any atom is -0.368 e. The second-order valence-corrected chi connectivity index (χ2v) is 4.44. The summed E-state index contributed by atoms with van der Waals surface area (Å²) in [5.74, 6) is 0. The summed E-state index contributed by atoms with van der Waals surface area (Å²) in [6.45, 7) is 3.31. The molecule has 2 unspecified atom stereocenters. The van der Waals surface area contributed by atoms with Crippen LogP contribution in [0.15, 0.2) is 24.3 Å².